The molecule has 94 valence electrons. The minimum Gasteiger partial charge on any atom is -0.497 e. The summed E-state index contributed by atoms with van der Waals surface area (Å²) in [6.45, 7) is 1.63. The van der Waals surface area contributed by atoms with Crippen LogP contribution in [0, 0.1) is 6.92 Å². The van der Waals surface area contributed by atoms with E-state index in [0.29, 0.717) is 22.9 Å². The lowest BCUT2D eigenvalue weighted by molar-refractivity contribution is 0.102. The normalized spacial score (nSPS) is 10.1. The first-order valence-electron chi connectivity index (χ1n) is 5.14. The topological polar surface area (TPSA) is 103 Å². The van der Waals surface area contributed by atoms with Gasteiger partial charge in [0.15, 0.2) is 0 Å². The molecule has 0 saturated heterocycles. The third kappa shape index (κ3) is 2.57. The van der Waals surface area contributed by atoms with Gasteiger partial charge in [0.2, 0.25) is 5.89 Å². The van der Waals surface area contributed by atoms with E-state index in [4.69, 9.17) is 14.9 Å². The standard InChI is InChI=1S/C11H12N4O3/c1-6-14-15-11(18-6)13-10(16)7-3-8(12)5-9(4-7)17-2/h3-5H,12H2,1-2H3,(H,13,15,16). The van der Waals surface area contributed by atoms with Crippen LogP contribution in [0.25, 0.3) is 0 Å². The summed E-state index contributed by atoms with van der Waals surface area (Å²) in [6.07, 6.45) is 0. The molecule has 2 rings (SSSR count). The third-order valence-corrected chi connectivity index (χ3v) is 2.17. The number of anilines is 2. The molecule has 0 aliphatic heterocycles. The van der Waals surface area contributed by atoms with Gasteiger partial charge in [0.05, 0.1) is 7.11 Å². The molecule has 2 aromatic rings. The number of hydrogen-bond acceptors (Lipinski definition) is 6. The van der Waals surface area contributed by atoms with Crippen LogP contribution < -0.4 is 15.8 Å². The third-order valence-electron chi connectivity index (χ3n) is 2.17. The van der Waals surface area contributed by atoms with Crippen LogP contribution in [0.1, 0.15) is 16.2 Å². The van der Waals surface area contributed by atoms with Crippen molar-refractivity contribution in [3.8, 4) is 5.75 Å². The predicted octanol–water partition coefficient (Wildman–Crippen LogP) is 1.22. The van der Waals surface area contributed by atoms with E-state index in [1.807, 2.05) is 0 Å². The van der Waals surface area contributed by atoms with Gasteiger partial charge in [0.1, 0.15) is 5.75 Å². The summed E-state index contributed by atoms with van der Waals surface area (Å²) in [7, 11) is 1.50. The highest BCUT2D eigenvalue weighted by atomic mass is 16.5. The van der Waals surface area contributed by atoms with Crippen LogP contribution in [0.3, 0.4) is 0 Å². The molecule has 0 atom stereocenters. The first-order valence-corrected chi connectivity index (χ1v) is 5.14. The number of benzene rings is 1. The van der Waals surface area contributed by atoms with Gasteiger partial charge in [-0.25, -0.2) is 0 Å². The van der Waals surface area contributed by atoms with Crippen molar-refractivity contribution in [1.29, 1.82) is 0 Å². The number of carbonyl (C=O) groups is 1. The van der Waals surface area contributed by atoms with Crippen molar-refractivity contribution >= 4 is 17.6 Å². The van der Waals surface area contributed by atoms with Gasteiger partial charge >= 0.3 is 6.01 Å². The Morgan fingerprint density at radius 3 is 2.78 bits per heavy atom. The Kier molecular flexibility index (Phi) is 3.13. The van der Waals surface area contributed by atoms with E-state index in [2.05, 4.69) is 15.5 Å². The SMILES string of the molecule is COc1cc(N)cc(C(=O)Nc2nnc(C)o2)c1. The predicted molar refractivity (Wildman–Crippen MR) is 64.4 cm³/mol. The fourth-order valence-electron chi connectivity index (χ4n) is 1.39. The zero-order valence-corrected chi connectivity index (χ0v) is 9.93. The maximum Gasteiger partial charge on any atom is 0.322 e. The number of amides is 1. The highest BCUT2D eigenvalue weighted by Gasteiger charge is 2.12. The molecule has 1 aromatic heterocycles. The lowest BCUT2D eigenvalue weighted by Crippen LogP contribution is -2.12. The maximum atomic E-state index is 11.9. The van der Waals surface area contributed by atoms with E-state index in [1.165, 1.54) is 13.2 Å². The molecule has 0 fully saturated rings. The lowest BCUT2D eigenvalue weighted by Gasteiger charge is -2.05. The Bertz CT molecular complexity index is 579. The summed E-state index contributed by atoms with van der Waals surface area (Å²) in [5.41, 5.74) is 6.44. The van der Waals surface area contributed by atoms with Crippen molar-refractivity contribution in [1.82, 2.24) is 10.2 Å². The quantitative estimate of drug-likeness (QED) is 0.791. The molecule has 1 amide bonds. The Morgan fingerprint density at radius 1 is 1.39 bits per heavy atom. The molecule has 0 saturated carbocycles. The number of aryl methyl sites for hydroxylation is 1. The summed E-state index contributed by atoms with van der Waals surface area (Å²) in [6, 6.07) is 4.75. The fraction of sp³-hybridized carbons (Fsp3) is 0.182. The molecule has 0 aliphatic carbocycles. The number of nitrogen functional groups attached to an aromatic ring is 1. The molecule has 0 bridgehead atoms. The molecule has 0 unspecified atom stereocenters. The van der Waals surface area contributed by atoms with Gasteiger partial charge in [0.25, 0.3) is 5.91 Å². The smallest absolute Gasteiger partial charge is 0.322 e. The first-order chi connectivity index (χ1) is 8.58. The molecule has 1 aromatic carbocycles. The molecule has 0 spiro atoms. The number of nitrogens with one attached hydrogen (secondary N) is 1. The monoisotopic (exact) mass is 248 g/mol. The summed E-state index contributed by atoms with van der Waals surface area (Å²) in [5, 5.41) is 9.74. The van der Waals surface area contributed by atoms with E-state index < -0.39 is 5.91 Å². The molecule has 0 aliphatic rings. The van der Waals surface area contributed by atoms with Gasteiger partial charge in [-0.05, 0) is 12.1 Å². The molecular formula is C11H12N4O3. The second-order valence-corrected chi connectivity index (χ2v) is 3.58. The van der Waals surface area contributed by atoms with Crippen molar-refractivity contribution in [3.05, 3.63) is 29.7 Å². The zero-order valence-electron chi connectivity index (χ0n) is 9.93. The molecule has 7 heteroatoms. The van der Waals surface area contributed by atoms with Gasteiger partial charge in [-0.2, -0.15) is 0 Å². The summed E-state index contributed by atoms with van der Waals surface area (Å²) in [4.78, 5) is 11.9. The van der Waals surface area contributed by atoms with Crippen LogP contribution in [-0.4, -0.2) is 23.2 Å². The van der Waals surface area contributed by atoms with Crippen LogP contribution in [0.2, 0.25) is 0 Å². The number of hydrogen-bond donors (Lipinski definition) is 2. The number of carbonyl (C=O) groups excluding carboxylic acids is 1. The number of rotatable bonds is 3. The Hall–Kier alpha value is -2.57. The van der Waals surface area contributed by atoms with Gasteiger partial charge in [-0.1, -0.05) is 5.10 Å². The Labute approximate surface area is 103 Å². The highest BCUT2D eigenvalue weighted by Crippen LogP contribution is 2.19. The number of ether oxygens (including phenoxy) is 1. The molecular weight excluding hydrogens is 236 g/mol. The summed E-state index contributed by atoms with van der Waals surface area (Å²) < 4.78 is 10.1. The van der Waals surface area contributed by atoms with E-state index in [0.717, 1.165) is 0 Å². The Morgan fingerprint density at radius 2 is 2.17 bits per heavy atom. The van der Waals surface area contributed by atoms with Crippen LogP contribution in [-0.2, 0) is 0 Å². The van der Waals surface area contributed by atoms with Crippen molar-refractivity contribution < 1.29 is 13.9 Å². The van der Waals surface area contributed by atoms with Crippen LogP contribution in [0.15, 0.2) is 22.6 Å². The number of methoxy groups -OCH3 is 1. The van der Waals surface area contributed by atoms with Gasteiger partial charge in [-0.15, -0.1) is 5.10 Å². The maximum absolute atomic E-state index is 11.9. The van der Waals surface area contributed by atoms with Crippen molar-refractivity contribution in [2.75, 3.05) is 18.2 Å². The second kappa shape index (κ2) is 4.74. The first kappa shape index (κ1) is 11.9. The van der Waals surface area contributed by atoms with E-state index >= 15 is 0 Å². The number of nitrogens with two attached hydrogens (primary N) is 1. The van der Waals surface area contributed by atoms with E-state index in [-0.39, 0.29) is 6.01 Å². The van der Waals surface area contributed by atoms with Crippen LogP contribution >= 0.6 is 0 Å². The number of aromatic nitrogens is 2. The molecule has 18 heavy (non-hydrogen) atoms. The second-order valence-electron chi connectivity index (χ2n) is 3.58. The van der Waals surface area contributed by atoms with Crippen molar-refractivity contribution in [2.24, 2.45) is 0 Å². The van der Waals surface area contributed by atoms with Crippen LogP contribution in [0.5, 0.6) is 5.75 Å². The van der Waals surface area contributed by atoms with Crippen molar-refractivity contribution in [3.63, 3.8) is 0 Å². The van der Waals surface area contributed by atoms with E-state index in [9.17, 15) is 4.79 Å². The summed E-state index contributed by atoms with van der Waals surface area (Å²) in [5.74, 6) is 0.474. The lowest BCUT2D eigenvalue weighted by atomic mass is 10.2. The van der Waals surface area contributed by atoms with Crippen molar-refractivity contribution in [2.45, 2.75) is 6.92 Å². The molecule has 0 radical (unpaired) electrons. The number of nitrogens with zero attached hydrogens (tertiary/aromatic N) is 2. The summed E-state index contributed by atoms with van der Waals surface area (Å²) >= 11 is 0. The molecule has 3 N–H and O–H groups in total. The van der Waals surface area contributed by atoms with Gasteiger partial charge in [0, 0.05) is 24.2 Å². The average molecular weight is 248 g/mol. The van der Waals surface area contributed by atoms with E-state index in [1.54, 1.807) is 19.1 Å². The van der Waals surface area contributed by atoms with Gasteiger partial charge in [-0.3, -0.25) is 10.1 Å². The van der Waals surface area contributed by atoms with Gasteiger partial charge < -0.3 is 14.9 Å². The fourth-order valence-corrected chi connectivity index (χ4v) is 1.39. The highest BCUT2D eigenvalue weighted by molar-refractivity contribution is 6.03. The average Bonchev–Trinajstić information content (AvgIpc) is 2.73. The minimum absolute atomic E-state index is 0.0406. The molecule has 7 nitrogen and oxygen atoms in total. The Balaban J connectivity index is 2.20. The largest absolute Gasteiger partial charge is 0.497 e. The minimum atomic E-state index is -0.399. The van der Waals surface area contributed by atoms with Crippen LogP contribution in [0.4, 0.5) is 11.7 Å². The zero-order chi connectivity index (χ0) is 13.1. The molecule has 1 heterocycles.